The molecule has 0 aromatic heterocycles. The predicted octanol–water partition coefficient (Wildman–Crippen LogP) is 0.810. The summed E-state index contributed by atoms with van der Waals surface area (Å²) in [5.74, 6) is 0. The summed E-state index contributed by atoms with van der Waals surface area (Å²) in [5, 5.41) is 9.25. The lowest BCUT2D eigenvalue weighted by molar-refractivity contribution is -0.0333. The standard InChI is InChI=1S/C9H18O3/c1-3-11-7-9(6-10)4-5-12-8(9)2/h8,10H,3-7H2,1-2H3. The first-order chi connectivity index (χ1) is 5.75. The molecule has 1 aliphatic rings. The Balaban J connectivity index is 2.49. The number of aliphatic hydroxyl groups is 1. The Labute approximate surface area is 73.7 Å². The van der Waals surface area contributed by atoms with Gasteiger partial charge in [0.2, 0.25) is 0 Å². The molecule has 2 atom stereocenters. The van der Waals surface area contributed by atoms with Crippen molar-refractivity contribution in [2.45, 2.75) is 26.4 Å². The SMILES string of the molecule is CCOCC1(CO)CCOC1C. The van der Waals surface area contributed by atoms with Crippen molar-refractivity contribution < 1.29 is 14.6 Å². The average Bonchev–Trinajstić information content (AvgIpc) is 2.45. The molecule has 1 fully saturated rings. The zero-order chi connectivity index (χ0) is 9.03. The van der Waals surface area contributed by atoms with Crippen molar-refractivity contribution in [1.29, 1.82) is 0 Å². The van der Waals surface area contributed by atoms with E-state index in [4.69, 9.17) is 9.47 Å². The predicted molar refractivity (Wildman–Crippen MR) is 46.0 cm³/mol. The number of aliphatic hydroxyl groups excluding tert-OH is 1. The molecule has 3 nitrogen and oxygen atoms in total. The second kappa shape index (κ2) is 4.21. The van der Waals surface area contributed by atoms with Gasteiger partial charge >= 0.3 is 0 Å². The maximum Gasteiger partial charge on any atom is 0.0648 e. The van der Waals surface area contributed by atoms with E-state index in [0.29, 0.717) is 13.2 Å². The van der Waals surface area contributed by atoms with Gasteiger partial charge in [0.1, 0.15) is 0 Å². The van der Waals surface area contributed by atoms with Gasteiger partial charge in [0.25, 0.3) is 0 Å². The monoisotopic (exact) mass is 174 g/mol. The molecule has 0 bridgehead atoms. The van der Waals surface area contributed by atoms with E-state index in [1.54, 1.807) is 0 Å². The maximum absolute atomic E-state index is 9.25. The number of ether oxygens (including phenoxy) is 2. The van der Waals surface area contributed by atoms with Gasteiger partial charge in [-0.2, -0.15) is 0 Å². The van der Waals surface area contributed by atoms with Gasteiger partial charge in [0, 0.05) is 18.6 Å². The average molecular weight is 174 g/mol. The first kappa shape index (κ1) is 9.96. The highest BCUT2D eigenvalue weighted by Gasteiger charge is 2.41. The molecule has 3 heteroatoms. The van der Waals surface area contributed by atoms with Crippen molar-refractivity contribution in [3.05, 3.63) is 0 Å². The number of hydrogen-bond acceptors (Lipinski definition) is 3. The van der Waals surface area contributed by atoms with Crippen LogP contribution >= 0.6 is 0 Å². The van der Waals surface area contributed by atoms with Crippen molar-refractivity contribution in [3.8, 4) is 0 Å². The van der Waals surface area contributed by atoms with E-state index < -0.39 is 0 Å². The summed E-state index contributed by atoms with van der Waals surface area (Å²) in [6.45, 7) is 6.19. The largest absolute Gasteiger partial charge is 0.396 e. The lowest BCUT2D eigenvalue weighted by Crippen LogP contribution is -2.37. The topological polar surface area (TPSA) is 38.7 Å². The maximum atomic E-state index is 9.25. The zero-order valence-corrected chi connectivity index (χ0v) is 7.88. The molecular weight excluding hydrogens is 156 g/mol. The highest BCUT2D eigenvalue weighted by molar-refractivity contribution is 4.88. The van der Waals surface area contributed by atoms with Crippen LogP contribution in [0.15, 0.2) is 0 Å². The molecule has 1 aliphatic heterocycles. The van der Waals surface area contributed by atoms with Gasteiger partial charge in [-0.3, -0.25) is 0 Å². The Kier molecular flexibility index (Phi) is 3.50. The number of rotatable bonds is 4. The molecule has 0 aliphatic carbocycles. The molecular formula is C9H18O3. The third-order valence-electron chi connectivity index (χ3n) is 2.74. The van der Waals surface area contributed by atoms with E-state index in [0.717, 1.165) is 13.0 Å². The number of hydrogen-bond donors (Lipinski definition) is 1. The summed E-state index contributed by atoms with van der Waals surface area (Å²) in [7, 11) is 0. The fourth-order valence-corrected chi connectivity index (χ4v) is 1.57. The van der Waals surface area contributed by atoms with E-state index in [9.17, 15) is 5.11 Å². The van der Waals surface area contributed by atoms with Crippen LogP contribution in [0.4, 0.5) is 0 Å². The minimum absolute atomic E-state index is 0.119. The van der Waals surface area contributed by atoms with Gasteiger partial charge in [0.05, 0.1) is 19.3 Å². The summed E-state index contributed by atoms with van der Waals surface area (Å²) in [4.78, 5) is 0. The quantitative estimate of drug-likeness (QED) is 0.685. The zero-order valence-electron chi connectivity index (χ0n) is 7.88. The molecule has 0 spiro atoms. The molecule has 0 aromatic rings. The van der Waals surface area contributed by atoms with Gasteiger partial charge in [-0.25, -0.2) is 0 Å². The van der Waals surface area contributed by atoms with Crippen LogP contribution in [-0.2, 0) is 9.47 Å². The fourth-order valence-electron chi connectivity index (χ4n) is 1.57. The minimum Gasteiger partial charge on any atom is -0.396 e. The molecule has 1 N–H and O–H groups in total. The van der Waals surface area contributed by atoms with Gasteiger partial charge in [-0.05, 0) is 20.3 Å². The molecule has 0 saturated carbocycles. The molecule has 1 rings (SSSR count). The smallest absolute Gasteiger partial charge is 0.0648 e. The minimum atomic E-state index is -0.143. The summed E-state index contributed by atoms with van der Waals surface area (Å²) in [6.07, 6.45) is 1.03. The van der Waals surface area contributed by atoms with Crippen LogP contribution in [0.1, 0.15) is 20.3 Å². The molecule has 1 heterocycles. The Morgan fingerprint density at radius 1 is 1.67 bits per heavy atom. The van der Waals surface area contributed by atoms with Crippen LogP contribution in [0.2, 0.25) is 0 Å². The molecule has 0 radical (unpaired) electrons. The van der Waals surface area contributed by atoms with Crippen molar-refractivity contribution >= 4 is 0 Å². The highest BCUT2D eigenvalue weighted by atomic mass is 16.5. The Morgan fingerprint density at radius 3 is 2.83 bits per heavy atom. The molecule has 12 heavy (non-hydrogen) atoms. The van der Waals surface area contributed by atoms with E-state index in [1.807, 2.05) is 13.8 Å². The van der Waals surface area contributed by atoms with Crippen molar-refractivity contribution in [2.24, 2.45) is 5.41 Å². The molecule has 2 unspecified atom stereocenters. The summed E-state index contributed by atoms with van der Waals surface area (Å²) in [6, 6.07) is 0. The Morgan fingerprint density at radius 2 is 2.42 bits per heavy atom. The lowest BCUT2D eigenvalue weighted by atomic mass is 9.83. The van der Waals surface area contributed by atoms with Gasteiger partial charge in [0.15, 0.2) is 0 Å². The van der Waals surface area contributed by atoms with Crippen LogP contribution in [0.3, 0.4) is 0 Å². The van der Waals surface area contributed by atoms with Crippen molar-refractivity contribution in [2.75, 3.05) is 26.4 Å². The van der Waals surface area contributed by atoms with Gasteiger partial charge in [-0.1, -0.05) is 0 Å². The molecule has 0 aromatic carbocycles. The summed E-state index contributed by atoms with van der Waals surface area (Å²) in [5.41, 5.74) is -0.143. The molecule has 1 saturated heterocycles. The van der Waals surface area contributed by atoms with Crippen LogP contribution in [0, 0.1) is 5.41 Å². The molecule has 72 valence electrons. The third-order valence-corrected chi connectivity index (χ3v) is 2.74. The highest BCUT2D eigenvalue weighted by Crippen LogP contribution is 2.34. The normalized spacial score (nSPS) is 35.8. The van der Waals surface area contributed by atoms with E-state index >= 15 is 0 Å². The van der Waals surface area contributed by atoms with Crippen LogP contribution in [-0.4, -0.2) is 37.6 Å². The van der Waals surface area contributed by atoms with E-state index in [2.05, 4.69) is 0 Å². The van der Waals surface area contributed by atoms with Crippen LogP contribution in [0.5, 0.6) is 0 Å². The van der Waals surface area contributed by atoms with E-state index in [-0.39, 0.29) is 18.1 Å². The van der Waals surface area contributed by atoms with Crippen molar-refractivity contribution in [1.82, 2.24) is 0 Å². The van der Waals surface area contributed by atoms with Gasteiger partial charge < -0.3 is 14.6 Å². The second-order valence-electron chi connectivity index (χ2n) is 3.42. The van der Waals surface area contributed by atoms with Crippen LogP contribution in [0.25, 0.3) is 0 Å². The summed E-state index contributed by atoms with van der Waals surface area (Å²) >= 11 is 0. The Bertz CT molecular complexity index is 138. The second-order valence-corrected chi connectivity index (χ2v) is 3.42. The third kappa shape index (κ3) is 1.79. The fraction of sp³-hybridized carbons (Fsp3) is 1.00. The van der Waals surface area contributed by atoms with Crippen molar-refractivity contribution in [3.63, 3.8) is 0 Å². The first-order valence-electron chi connectivity index (χ1n) is 4.55. The van der Waals surface area contributed by atoms with E-state index in [1.165, 1.54) is 0 Å². The first-order valence-corrected chi connectivity index (χ1v) is 4.55. The van der Waals surface area contributed by atoms with Gasteiger partial charge in [-0.15, -0.1) is 0 Å². The lowest BCUT2D eigenvalue weighted by Gasteiger charge is -2.29. The summed E-state index contributed by atoms with van der Waals surface area (Å²) < 4.78 is 10.8. The Hall–Kier alpha value is -0.120. The van der Waals surface area contributed by atoms with Crippen LogP contribution < -0.4 is 0 Å². The molecule has 0 amide bonds.